The molecule has 0 atom stereocenters. The van der Waals surface area contributed by atoms with Gasteiger partial charge in [0.25, 0.3) is 11.4 Å². The highest BCUT2D eigenvalue weighted by Gasteiger charge is 2.15. The molecule has 0 aliphatic rings. The molecule has 0 bridgehead atoms. The maximum Gasteiger partial charge on any atom is 0.273 e. The molecule has 0 N–H and O–H groups in total. The van der Waals surface area contributed by atoms with Gasteiger partial charge in [0, 0.05) is 18.2 Å². The Morgan fingerprint density at radius 1 is 0.667 bits per heavy atom. The van der Waals surface area contributed by atoms with Gasteiger partial charge in [0.1, 0.15) is 23.0 Å². The van der Waals surface area contributed by atoms with Crippen molar-refractivity contribution in [1.82, 2.24) is 0 Å². The average molecular weight is 408 g/mol. The first kappa shape index (κ1) is 20.1. The molecule has 3 rings (SSSR count). The van der Waals surface area contributed by atoms with Gasteiger partial charge >= 0.3 is 0 Å². The van der Waals surface area contributed by atoms with Crippen molar-refractivity contribution in [3.8, 4) is 23.0 Å². The van der Waals surface area contributed by atoms with Crippen LogP contribution in [0.3, 0.4) is 0 Å². The minimum Gasteiger partial charge on any atom is -0.456 e. The normalized spacial score (nSPS) is 10.1. The summed E-state index contributed by atoms with van der Waals surface area (Å²) < 4.78 is 11.2. The first-order chi connectivity index (χ1) is 14.4. The molecule has 0 aromatic heterocycles. The average Bonchev–Trinajstić information content (AvgIpc) is 2.73. The quantitative estimate of drug-likeness (QED) is 0.296. The summed E-state index contributed by atoms with van der Waals surface area (Å²) >= 11 is 0. The summed E-state index contributed by atoms with van der Waals surface area (Å²) in [4.78, 5) is 43.1. The van der Waals surface area contributed by atoms with Crippen LogP contribution >= 0.6 is 0 Å². The third-order valence-electron chi connectivity index (χ3n) is 3.93. The Morgan fingerprint density at radius 3 is 1.47 bits per heavy atom. The number of benzene rings is 3. The number of nitro benzene ring substituents is 2. The molecule has 0 heterocycles. The molecule has 10 nitrogen and oxygen atoms in total. The van der Waals surface area contributed by atoms with Crippen molar-refractivity contribution in [2.45, 2.75) is 0 Å². The number of aldehydes is 2. The van der Waals surface area contributed by atoms with Gasteiger partial charge in [-0.05, 0) is 24.3 Å². The van der Waals surface area contributed by atoms with Gasteiger partial charge in [-0.3, -0.25) is 29.8 Å². The van der Waals surface area contributed by atoms with E-state index in [1.165, 1.54) is 42.5 Å². The first-order valence-corrected chi connectivity index (χ1v) is 8.34. The molecular weight excluding hydrogens is 396 g/mol. The van der Waals surface area contributed by atoms with Crippen molar-refractivity contribution in [1.29, 1.82) is 0 Å². The number of nitrogens with zero attached hydrogens (tertiary/aromatic N) is 2. The zero-order valence-corrected chi connectivity index (χ0v) is 15.1. The maximum absolute atomic E-state index is 11.2. The smallest absolute Gasteiger partial charge is 0.273 e. The van der Waals surface area contributed by atoms with Gasteiger partial charge in [-0.2, -0.15) is 0 Å². The van der Waals surface area contributed by atoms with Gasteiger partial charge in [0.05, 0.1) is 33.1 Å². The summed E-state index contributed by atoms with van der Waals surface area (Å²) in [6.07, 6.45) is 0.998. The Labute approximate surface area is 168 Å². The SMILES string of the molecule is O=Cc1ccc([N+](=O)[O-])cc1Oc1cccc(Oc2cc([N+](=O)[O-])ccc2C=O)c1. The number of carbonyl (C=O) groups is 2. The fourth-order valence-corrected chi connectivity index (χ4v) is 2.50. The Balaban J connectivity index is 1.91. The fraction of sp³-hybridized carbons (Fsp3) is 0. The second-order valence-corrected chi connectivity index (χ2v) is 5.87. The van der Waals surface area contributed by atoms with Crippen LogP contribution < -0.4 is 9.47 Å². The van der Waals surface area contributed by atoms with E-state index < -0.39 is 9.85 Å². The minimum absolute atomic E-state index is 0.0275. The van der Waals surface area contributed by atoms with Crippen molar-refractivity contribution in [3.63, 3.8) is 0 Å². The molecule has 0 saturated heterocycles. The largest absolute Gasteiger partial charge is 0.456 e. The third kappa shape index (κ3) is 4.44. The van der Waals surface area contributed by atoms with Crippen molar-refractivity contribution >= 4 is 23.9 Å². The Morgan fingerprint density at radius 2 is 1.10 bits per heavy atom. The lowest BCUT2D eigenvalue weighted by Gasteiger charge is -2.11. The molecule has 150 valence electrons. The van der Waals surface area contributed by atoms with Crippen LogP contribution in [0.1, 0.15) is 20.7 Å². The highest BCUT2D eigenvalue weighted by molar-refractivity contribution is 5.81. The summed E-state index contributed by atoms with van der Waals surface area (Å²) in [7, 11) is 0. The van der Waals surface area contributed by atoms with Crippen LogP contribution in [0.2, 0.25) is 0 Å². The summed E-state index contributed by atoms with van der Waals surface area (Å²) in [5.74, 6) is 0.323. The summed E-state index contributed by atoms with van der Waals surface area (Å²) in [6, 6.07) is 13.1. The molecular formula is C20H12N2O8. The van der Waals surface area contributed by atoms with E-state index in [0.29, 0.717) is 12.6 Å². The Hall–Kier alpha value is -4.60. The molecule has 0 aliphatic heterocycles. The van der Waals surface area contributed by atoms with Crippen LogP contribution in [0.5, 0.6) is 23.0 Å². The van der Waals surface area contributed by atoms with Crippen LogP contribution in [-0.2, 0) is 0 Å². The van der Waals surface area contributed by atoms with E-state index >= 15 is 0 Å². The van der Waals surface area contributed by atoms with Crippen molar-refractivity contribution in [2.24, 2.45) is 0 Å². The standard InChI is InChI=1S/C20H12N2O8/c23-11-13-4-6-15(21(25)26)8-19(13)29-17-2-1-3-18(10-17)30-20-9-16(22(27)28)7-5-14(20)12-24/h1-12H. The zero-order valence-electron chi connectivity index (χ0n) is 15.1. The number of ether oxygens (including phenoxy) is 2. The molecule has 0 aliphatic carbocycles. The number of carbonyl (C=O) groups excluding carboxylic acids is 2. The number of rotatable bonds is 8. The van der Waals surface area contributed by atoms with E-state index in [-0.39, 0.29) is 45.5 Å². The summed E-state index contributed by atoms with van der Waals surface area (Å²) in [6.45, 7) is 0. The summed E-state index contributed by atoms with van der Waals surface area (Å²) in [5.41, 5.74) is -0.298. The number of non-ortho nitro benzene ring substituents is 2. The number of hydrogen-bond donors (Lipinski definition) is 0. The first-order valence-electron chi connectivity index (χ1n) is 8.34. The van der Waals surface area contributed by atoms with Gasteiger partial charge in [0.2, 0.25) is 0 Å². The van der Waals surface area contributed by atoms with Gasteiger partial charge in [-0.15, -0.1) is 0 Å². The van der Waals surface area contributed by atoms with Crippen LogP contribution in [-0.4, -0.2) is 22.4 Å². The molecule has 0 fully saturated rings. The molecule has 3 aromatic rings. The van der Waals surface area contributed by atoms with E-state index in [0.717, 1.165) is 12.1 Å². The van der Waals surface area contributed by atoms with Crippen LogP contribution in [0, 0.1) is 20.2 Å². The van der Waals surface area contributed by atoms with Crippen molar-refractivity contribution in [2.75, 3.05) is 0 Å². The Kier molecular flexibility index (Phi) is 5.78. The molecule has 0 radical (unpaired) electrons. The molecule has 30 heavy (non-hydrogen) atoms. The van der Waals surface area contributed by atoms with Gasteiger partial charge in [-0.1, -0.05) is 6.07 Å². The molecule has 0 saturated carbocycles. The fourth-order valence-electron chi connectivity index (χ4n) is 2.50. The second kappa shape index (κ2) is 8.61. The van der Waals surface area contributed by atoms with Crippen molar-refractivity contribution in [3.05, 3.63) is 92.0 Å². The van der Waals surface area contributed by atoms with E-state index in [1.807, 2.05) is 0 Å². The lowest BCUT2D eigenvalue weighted by atomic mass is 10.2. The lowest BCUT2D eigenvalue weighted by molar-refractivity contribution is -0.385. The molecule has 3 aromatic carbocycles. The van der Waals surface area contributed by atoms with E-state index in [1.54, 1.807) is 6.07 Å². The lowest BCUT2D eigenvalue weighted by Crippen LogP contribution is -1.95. The minimum atomic E-state index is -0.621. The molecule has 10 heteroatoms. The molecule has 0 spiro atoms. The Bertz CT molecular complexity index is 1070. The number of hydrogen-bond acceptors (Lipinski definition) is 8. The molecule has 0 amide bonds. The van der Waals surface area contributed by atoms with Crippen LogP contribution in [0.4, 0.5) is 11.4 Å². The predicted octanol–water partition coefficient (Wildman–Crippen LogP) is 4.71. The highest BCUT2D eigenvalue weighted by Crippen LogP contribution is 2.33. The van der Waals surface area contributed by atoms with Gasteiger partial charge in [0.15, 0.2) is 12.6 Å². The van der Waals surface area contributed by atoms with E-state index in [2.05, 4.69) is 0 Å². The van der Waals surface area contributed by atoms with Crippen LogP contribution in [0.15, 0.2) is 60.7 Å². The van der Waals surface area contributed by atoms with Gasteiger partial charge < -0.3 is 9.47 Å². The highest BCUT2D eigenvalue weighted by atomic mass is 16.6. The van der Waals surface area contributed by atoms with E-state index in [4.69, 9.17) is 9.47 Å². The second-order valence-electron chi connectivity index (χ2n) is 5.87. The number of nitro groups is 2. The monoisotopic (exact) mass is 408 g/mol. The zero-order chi connectivity index (χ0) is 21.7. The summed E-state index contributed by atoms with van der Waals surface area (Å²) in [5, 5.41) is 21.9. The van der Waals surface area contributed by atoms with Gasteiger partial charge in [-0.25, -0.2) is 0 Å². The van der Waals surface area contributed by atoms with Crippen molar-refractivity contribution < 1.29 is 28.9 Å². The third-order valence-corrected chi connectivity index (χ3v) is 3.93. The topological polar surface area (TPSA) is 139 Å². The molecule has 0 unspecified atom stereocenters. The van der Waals surface area contributed by atoms with E-state index in [9.17, 15) is 29.8 Å². The maximum atomic E-state index is 11.2. The van der Waals surface area contributed by atoms with Crippen LogP contribution in [0.25, 0.3) is 0 Å². The predicted molar refractivity (Wildman–Crippen MR) is 104 cm³/mol.